The minimum Gasteiger partial charge on any atom is -0.383 e. The van der Waals surface area contributed by atoms with Crippen molar-refractivity contribution in [2.24, 2.45) is 5.41 Å². The van der Waals surface area contributed by atoms with Gasteiger partial charge < -0.3 is 14.8 Å². The Hall–Kier alpha value is -0.590. The molecular formula is C11H20F3NO2. The average Bonchev–Trinajstić information content (AvgIpc) is 2.23. The summed E-state index contributed by atoms with van der Waals surface area (Å²) in [5.74, 6) is 0. The summed E-state index contributed by atoms with van der Waals surface area (Å²) in [6, 6.07) is 0. The first-order chi connectivity index (χ1) is 7.83. The monoisotopic (exact) mass is 255 g/mol. The number of alkyl halides is 3. The zero-order valence-corrected chi connectivity index (χ0v) is 10.3. The van der Waals surface area contributed by atoms with Crippen molar-refractivity contribution in [1.29, 1.82) is 0 Å². The second-order valence-corrected chi connectivity index (χ2v) is 4.14. The third kappa shape index (κ3) is 9.14. The molecule has 3 nitrogen and oxygen atoms in total. The molecule has 0 saturated heterocycles. The summed E-state index contributed by atoms with van der Waals surface area (Å²) >= 11 is 0. The second-order valence-electron chi connectivity index (χ2n) is 4.14. The van der Waals surface area contributed by atoms with Gasteiger partial charge in [0, 0.05) is 25.6 Å². The van der Waals surface area contributed by atoms with Crippen molar-refractivity contribution >= 4 is 0 Å². The maximum Gasteiger partial charge on any atom is 0.411 e. The van der Waals surface area contributed by atoms with Gasteiger partial charge in [0.25, 0.3) is 0 Å². The van der Waals surface area contributed by atoms with E-state index in [1.165, 1.54) is 0 Å². The van der Waals surface area contributed by atoms with Crippen LogP contribution in [0.3, 0.4) is 0 Å². The normalized spacial score (nSPS) is 15.6. The van der Waals surface area contributed by atoms with E-state index in [1.807, 2.05) is 0 Å². The molecule has 0 aliphatic heterocycles. The van der Waals surface area contributed by atoms with Gasteiger partial charge in [-0.15, -0.1) is 6.58 Å². The molecule has 0 heterocycles. The minimum atomic E-state index is -4.29. The Morgan fingerprint density at radius 1 is 1.29 bits per heavy atom. The lowest BCUT2D eigenvalue weighted by Crippen LogP contribution is -2.36. The van der Waals surface area contributed by atoms with Gasteiger partial charge in [0.1, 0.15) is 6.61 Å². The van der Waals surface area contributed by atoms with Crippen LogP contribution in [0.15, 0.2) is 12.7 Å². The molecule has 0 amide bonds. The summed E-state index contributed by atoms with van der Waals surface area (Å²) in [6.45, 7) is 5.84. The molecule has 1 N–H and O–H groups in total. The quantitative estimate of drug-likeness (QED) is 0.505. The van der Waals surface area contributed by atoms with Crippen molar-refractivity contribution in [3.8, 4) is 0 Å². The number of hydrogen-bond donors (Lipinski definition) is 1. The fourth-order valence-electron chi connectivity index (χ4n) is 1.13. The molecule has 17 heavy (non-hydrogen) atoms. The van der Waals surface area contributed by atoms with Crippen LogP contribution in [-0.4, -0.2) is 46.2 Å². The van der Waals surface area contributed by atoms with E-state index in [9.17, 15) is 13.2 Å². The van der Waals surface area contributed by atoms with Gasteiger partial charge in [0.05, 0.1) is 13.2 Å². The van der Waals surface area contributed by atoms with Gasteiger partial charge in [-0.3, -0.25) is 0 Å². The fourth-order valence-corrected chi connectivity index (χ4v) is 1.13. The van der Waals surface area contributed by atoms with Gasteiger partial charge in [0.15, 0.2) is 0 Å². The van der Waals surface area contributed by atoms with Crippen molar-refractivity contribution in [3.05, 3.63) is 12.7 Å². The molecule has 0 rings (SSSR count). The summed E-state index contributed by atoms with van der Waals surface area (Å²) in [7, 11) is 1.58. The Labute approximate surface area is 100.0 Å². The number of nitrogens with one attached hydrogen (secondary N) is 1. The van der Waals surface area contributed by atoms with Crippen molar-refractivity contribution in [2.45, 2.75) is 13.1 Å². The van der Waals surface area contributed by atoms with Crippen LogP contribution in [0, 0.1) is 5.41 Å². The first-order valence-corrected chi connectivity index (χ1v) is 5.31. The minimum absolute atomic E-state index is 0.0179. The van der Waals surface area contributed by atoms with E-state index in [1.54, 1.807) is 20.1 Å². The highest BCUT2D eigenvalue weighted by molar-refractivity contribution is 4.93. The Bertz CT molecular complexity index is 221. The second kappa shape index (κ2) is 7.68. The molecule has 0 radical (unpaired) electrons. The van der Waals surface area contributed by atoms with E-state index in [4.69, 9.17) is 4.74 Å². The van der Waals surface area contributed by atoms with Crippen molar-refractivity contribution < 1.29 is 22.6 Å². The van der Waals surface area contributed by atoms with Gasteiger partial charge in [-0.1, -0.05) is 13.0 Å². The van der Waals surface area contributed by atoms with Crippen molar-refractivity contribution in [2.75, 3.05) is 40.0 Å². The molecule has 0 aromatic rings. The van der Waals surface area contributed by atoms with Crippen LogP contribution in [0.1, 0.15) is 6.92 Å². The highest BCUT2D eigenvalue weighted by Crippen LogP contribution is 2.20. The lowest BCUT2D eigenvalue weighted by atomic mass is 9.92. The molecule has 6 heteroatoms. The molecular weight excluding hydrogens is 235 g/mol. The highest BCUT2D eigenvalue weighted by atomic mass is 19.4. The summed E-state index contributed by atoms with van der Waals surface area (Å²) in [5.41, 5.74) is -0.515. The van der Waals surface area contributed by atoms with Gasteiger partial charge in [-0.25, -0.2) is 0 Å². The summed E-state index contributed by atoms with van der Waals surface area (Å²) in [6.07, 6.45) is -2.69. The van der Waals surface area contributed by atoms with E-state index in [2.05, 4.69) is 16.6 Å². The molecule has 0 bridgehead atoms. The molecule has 0 fully saturated rings. The van der Waals surface area contributed by atoms with Gasteiger partial charge >= 0.3 is 6.18 Å². The Morgan fingerprint density at radius 3 is 2.41 bits per heavy atom. The maximum atomic E-state index is 11.9. The molecule has 0 spiro atoms. The van der Waals surface area contributed by atoms with Crippen LogP contribution in [0.5, 0.6) is 0 Å². The first-order valence-electron chi connectivity index (χ1n) is 5.31. The number of ether oxygens (including phenoxy) is 2. The molecule has 0 aromatic heterocycles. The van der Waals surface area contributed by atoms with Gasteiger partial charge in [-0.2, -0.15) is 13.2 Å². The zero-order chi connectivity index (χ0) is 13.4. The number of methoxy groups -OCH3 is 1. The maximum absolute atomic E-state index is 11.9. The molecule has 1 atom stereocenters. The van der Waals surface area contributed by atoms with Crippen LogP contribution in [0.25, 0.3) is 0 Å². The highest BCUT2D eigenvalue weighted by Gasteiger charge is 2.29. The smallest absolute Gasteiger partial charge is 0.383 e. The van der Waals surface area contributed by atoms with Crippen LogP contribution in [0.2, 0.25) is 0 Å². The average molecular weight is 255 g/mol. The van der Waals surface area contributed by atoms with Crippen LogP contribution >= 0.6 is 0 Å². The molecule has 102 valence electrons. The van der Waals surface area contributed by atoms with Crippen LogP contribution < -0.4 is 5.32 Å². The number of rotatable bonds is 9. The predicted molar refractivity (Wildman–Crippen MR) is 59.9 cm³/mol. The third-order valence-electron chi connectivity index (χ3n) is 2.20. The van der Waals surface area contributed by atoms with Crippen molar-refractivity contribution in [3.63, 3.8) is 0 Å². The lowest BCUT2D eigenvalue weighted by Gasteiger charge is -2.26. The third-order valence-corrected chi connectivity index (χ3v) is 2.20. The largest absolute Gasteiger partial charge is 0.411 e. The van der Waals surface area contributed by atoms with E-state index in [0.717, 1.165) is 0 Å². The Kier molecular flexibility index (Phi) is 7.41. The fraction of sp³-hybridized carbons (Fsp3) is 0.818. The van der Waals surface area contributed by atoms with Gasteiger partial charge in [0.2, 0.25) is 0 Å². The lowest BCUT2D eigenvalue weighted by molar-refractivity contribution is -0.178. The topological polar surface area (TPSA) is 30.5 Å². The molecule has 0 saturated carbocycles. The first kappa shape index (κ1) is 16.4. The SMILES string of the molecule is C=CC(C)(CNCCOC)COCC(F)(F)F. The Balaban J connectivity index is 3.89. The summed E-state index contributed by atoms with van der Waals surface area (Å²) in [4.78, 5) is 0. The zero-order valence-electron chi connectivity index (χ0n) is 10.3. The van der Waals surface area contributed by atoms with Crippen LogP contribution in [-0.2, 0) is 9.47 Å². The van der Waals surface area contributed by atoms with E-state index < -0.39 is 18.2 Å². The van der Waals surface area contributed by atoms with Gasteiger partial charge in [-0.05, 0) is 0 Å². The van der Waals surface area contributed by atoms with Crippen molar-refractivity contribution in [1.82, 2.24) is 5.32 Å². The molecule has 0 aliphatic carbocycles. The number of halogens is 3. The standard InChI is InChI=1S/C11H20F3NO2/c1-4-10(2,7-15-5-6-16-3)8-17-9-11(12,13)14/h4,15H,1,5-9H2,2-3H3. The van der Waals surface area contributed by atoms with E-state index in [-0.39, 0.29) is 6.61 Å². The predicted octanol–water partition coefficient (Wildman–Crippen LogP) is 1.99. The van der Waals surface area contributed by atoms with E-state index >= 15 is 0 Å². The molecule has 1 unspecified atom stereocenters. The summed E-state index contributed by atoms with van der Waals surface area (Å²) in [5, 5.41) is 3.07. The van der Waals surface area contributed by atoms with Crippen LogP contribution in [0.4, 0.5) is 13.2 Å². The molecule has 0 aliphatic rings. The van der Waals surface area contributed by atoms with E-state index in [0.29, 0.717) is 19.7 Å². The molecule has 0 aromatic carbocycles. The number of hydrogen-bond acceptors (Lipinski definition) is 3. The summed E-state index contributed by atoms with van der Waals surface area (Å²) < 4.78 is 45.2. The Morgan fingerprint density at radius 2 is 1.94 bits per heavy atom.